The number of nitrogens with zero attached hydrogens (tertiary/aromatic N) is 2. The fourth-order valence-electron chi connectivity index (χ4n) is 2.67. The van der Waals surface area contributed by atoms with Crippen LogP contribution in [0.5, 0.6) is 0 Å². The fourth-order valence-corrected chi connectivity index (χ4v) is 4.99. The Morgan fingerprint density at radius 3 is 2.40 bits per heavy atom. The number of hydrogen-bond acceptors (Lipinski definition) is 6. The molecule has 2 atom stereocenters. The number of sulfonamides is 1. The molecule has 0 aliphatic heterocycles. The maximum Gasteiger partial charge on any atom is 0.244 e. The first kappa shape index (κ1) is 22.5. The lowest BCUT2D eigenvalue weighted by Gasteiger charge is -2.22. The van der Waals surface area contributed by atoms with Gasteiger partial charge in [0, 0.05) is 10.0 Å². The average Bonchev–Trinajstić information content (AvgIpc) is 3.21. The van der Waals surface area contributed by atoms with Crippen LogP contribution in [0.2, 0.25) is 0 Å². The van der Waals surface area contributed by atoms with E-state index < -0.39 is 22.0 Å². The van der Waals surface area contributed by atoms with E-state index in [1.165, 1.54) is 23.5 Å². The summed E-state index contributed by atoms with van der Waals surface area (Å²) >= 11 is 4.52. The van der Waals surface area contributed by atoms with Crippen LogP contribution in [0, 0.1) is 5.92 Å². The zero-order valence-corrected chi connectivity index (χ0v) is 19.6. The van der Waals surface area contributed by atoms with Crippen molar-refractivity contribution in [3.8, 4) is 10.6 Å². The second-order valence-corrected chi connectivity index (χ2v) is 10.3. The van der Waals surface area contributed by atoms with Gasteiger partial charge in [-0.25, -0.2) is 8.42 Å². The number of carbonyl (C=O) groups excluding carboxylic acids is 1. The van der Waals surface area contributed by atoms with E-state index in [9.17, 15) is 13.2 Å². The molecule has 0 saturated carbocycles. The summed E-state index contributed by atoms with van der Waals surface area (Å²) in [4.78, 5) is 13.0. The van der Waals surface area contributed by atoms with Crippen molar-refractivity contribution >= 4 is 48.3 Å². The van der Waals surface area contributed by atoms with Crippen LogP contribution in [0.4, 0.5) is 5.13 Å². The number of anilines is 1. The fraction of sp³-hybridized carbons (Fsp3) is 0.250. The number of nitrogens with one attached hydrogen (secondary N) is 2. The molecule has 0 aliphatic rings. The maximum absolute atomic E-state index is 12.9. The van der Waals surface area contributed by atoms with Crippen molar-refractivity contribution in [2.75, 3.05) is 5.32 Å². The lowest BCUT2D eigenvalue weighted by molar-refractivity contribution is -0.118. The number of benzene rings is 2. The first-order valence-electron chi connectivity index (χ1n) is 9.28. The van der Waals surface area contributed by atoms with E-state index in [1.54, 1.807) is 12.1 Å². The highest BCUT2D eigenvalue weighted by atomic mass is 79.9. The standard InChI is InChI=1S/C20H21BrN4O3S2/c1-3-13(2)17(25-30(27,28)16-11-9-15(21)10-12-16)18(26)22-20-24-23-19(29-20)14-7-5-4-6-8-14/h4-13,17,25H,3H2,1-2H3,(H,22,24,26)/t13-,17-/m1/s1. The molecule has 0 radical (unpaired) electrons. The van der Waals surface area contributed by atoms with Gasteiger partial charge in [0.25, 0.3) is 0 Å². The van der Waals surface area contributed by atoms with E-state index >= 15 is 0 Å². The Hall–Kier alpha value is -2.14. The van der Waals surface area contributed by atoms with Crippen molar-refractivity contribution in [1.29, 1.82) is 0 Å². The van der Waals surface area contributed by atoms with Crippen LogP contribution in [-0.2, 0) is 14.8 Å². The smallest absolute Gasteiger partial charge is 0.244 e. The van der Waals surface area contributed by atoms with Crippen molar-refractivity contribution in [2.24, 2.45) is 5.92 Å². The zero-order valence-electron chi connectivity index (χ0n) is 16.4. The predicted octanol–water partition coefficient (Wildman–Crippen LogP) is 4.30. The molecular weight excluding hydrogens is 488 g/mol. The van der Waals surface area contributed by atoms with E-state index in [1.807, 2.05) is 44.2 Å². The molecule has 158 valence electrons. The number of hydrogen-bond donors (Lipinski definition) is 2. The summed E-state index contributed by atoms with van der Waals surface area (Å²) < 4.78 is 28.9. The molecule has 10 heteroatoms. The quantitative estimate of drug-likeness (QED) is 0.472. The van der Waals surface area contributed by atoms with E-state index in [4.69, 9.17) is 0 Å². The molecule has 7 nitrogen and oxygen atoms in total. The second kappa shape index (κ2) is 9.78. The highest BCUT2D eigenvalue weighted by Crippen LogP contribution is 2.26. The Morgan fingerprint density at radius 2 is 1.77 bits per heavy atom. The molecule has 2 N–H and O–H groups in total. The molecule has 0 aliphatic carbocycles. The number of aromatic nitrogens is 2. The minimum Gasteiger partial charge on any atom is -0.299 e. The Balaban J connectivity index is 1.78. The predicted molar refractivity (Wildman–Crippen MR) is 122 cm³/mol. The summed E-state index contributed by atoms with van der Waals surface area (Å²) in [5, 5.41) is 11.8. The molecule has 1 amide bonds. The maximum atomic E-state index is 12.9. The largest absolute Gasteiger partial charge is 0.299 e. The molecule has 2 aromatic carbocycles. The highest BCUT2D eigenvalue weighted by molar-refractivity contribution is 9.10. The first-order chi connectivity index (χ1) is 14.3. The zero-order chi connectivity index (χ0) is 21.7. The van der Waals surface area contributed by atoms with E-state index in [-0.39, 0.29) is 10.8 Å². The molecule has 3 rings (SSSR count). The van der Waals surface area contributed by atoms with Gasteiger partial charge in [0.15, 0.2) is 0 Å². The molecular formula is C20H21BrN4O3S2. The van der Waals surface area contributed by atoms with Gasteiger partial charge < -0.3 is 0 Å². The number of amides is 1. The van der Waals surface area contributed by atoms with Crippen molar-refractivity contribution < 1.29 is 13.2 Å². The first-order valence-corrected chi connectivity index (χ1v) is 12.4. The van der Waals surface area contributed by atoms with Crippen molar-refractivity contribution in [3.05, 3.63) is 59.1 Å². The molecule has 30 heavy (non-hydrogen) atoms. The second-order valence-electron chi connectivity index (χ2n) is 6.71. The summed E-state index contributed by atoms with van der Waals surface area (Å²) in [5.74, 6) is -0.697. The topological polar surface area (TPSA) is 101 Å². The van der Waals surface area contributed by atoms with Crippen LogP contribution in [-0.4, -0.2) is 30.6 Å². The molecule has 1 heterocycles. The van der Waals surface area contributed by atoms with Gasteiger partial charge in [-0.05, 0) is 30.2 Å². The van der Waals surface area contributed by atoms with E-state index in [0.29, 0.717) is 16.6 Å². The third kappa shape index (κ3) is 5.51. The molecule has 0 saturated heterocycles. The van der Waals surface area contributed by atoms with Gasteiger partial charge in [-0.1, -0.05) is 77.9 Å². The number of rotatable bonds is 8. The normalized spacial score (nSPS) is 13.6. The van der Waals surface area contributed by atoms with Gasteiger partial charge in [0.2, 0.25) is 21.1 Å². The van der Waals surface area contributed by atoms with Crippen LogP contribution in [0.3, 0.4) is 0 Å². The van der Waals surface area contributed by atoms with Crippen LogP contribution >= 0.6 is 27.3 Å². The minimum atomic E-state index is -3.87. The third-order valence-corrected chi connectivity index (χ3v) is 7.45. The summed E-state index contributed by atoms with van der Waals surface area (Å²) in [6.07, 6.45) is 0.617. The number of halogens is 1. The average molecular weight is 509 g/mol. The lowest BCUT2D eigenvalue weighted by Crippen LogP contribution is -2.47. The molecule has 1 aromatic heterocycles. The summed E-state index contributed by atoms with van der Waals surface area (Å²) in [6.45, 7) is 3.72. The SMILES string of the molecule is CC[C@@H](C)[C@@H](NS(=O)(=O)c1ccc(Br)cc1)C(=O)Nc1nnc(-c2ccccc2)s1. The Labute approximate surface area is 188 Å². The lowest BCUT2D eigenvalue weighted by atomic mass is 9.99. The molecule has 3 aromatic rings. The van der Waals surface area contributed by atoms with Crippen LogP contribution < -0.4 is 10.0 Å². The van der Waals surface area contributed by atoms with Crippen LogP contribution in [0.15, 0.2) is 64.0 Å². The van der Waals surface area contributed by atoms with E-state index in [2.05, 4.69) is 36.2 Å². The van der Waals surface area contributed by atoms with Crippen molar-refractivity contribution in [1.82, 2.24) is 14.9 Å². The molecule has 0 bridgehead atoms. The highest BCUT2D eigenvalue weighted by Gasteiger charge is 2.30. The van der Waals surface area contributed by atoms with Crippen molar-refractivity contribution in [2.45, 2.75) is 31.2 Å². The van der Waals surface area contributed by atoms with Gasteiger partial charge in [0.05, 0.1) is 4.90 Å². The van der Waals surface area contributed by atoms with Gasteiger partial charge in [0.1, 0.15) is 11.0 Å². The summed E-state index contributed by atoms with van der Waals surface area (Å²) in [5.41, 5.74) is 0.893. The minimum absolute atomic E-state index is 0.0917. The third-order valence-electron chi connectivity index (χ3n) is 4.58. The Morgan fingerprint density at radius 1 is 1.10 bits per heavy atom. The molecule has 0 spiro atoms. The van der Waals surface area contributed by atoms with Crippen molar-refractivity contribution in [3.63, 3.8) is 0 Å². The summed E-state index contributed by atoms with van der Waals surface area (Å²) in [7, 11) is -3.87. The van der Waals surface area contributed by atoms with Gasteiger partial charge in [-0.2, -0.15) is 4.72 Å². The molecule has 0 unspecified atom stereocenters. The Kier molecular flexibility index (Phi) is 7.35. The van der Waals surface area contributed by atoms with Crippen LogP contribution in [0.1, 0.15) is 20.3 Å². The van der Waals surface area contributed by atoms with Crippen LogP contribution in [0.25, 0.3) is 10.6 Å². The van der Waals surface area contributed by atoms with Gasteiger partial charge >= 0.3 is 0 Å². The van der Waals surface area contributed by atoms with Gasteiger partial charge in [-0.3, -0.25) is 10.1 Å². The Bertz CT molecular complexity index is 1100. The monoisotopic (exact) mass is 508 g/mol. The molecule has 0 fully saturated rings. The van der Waals surface area contributed by atoms with E-state index in [0.717, 1.165) is 10.0 Å². The summed E-state index contributed by atoms with van der Waals surface area (Å²) in [6, 6.07) is 14.8. The van der Waals surface area contributed by atoms with Gasteiger partial charge in [-0.15, -0.1) is 10.2 Å². The number of carbonyl (C=O) groups is 1.